The van der Waals surface area contributed by atoms with E-state index in [4.69, 9.17) is 21.1 Å². The Labute approximate surface area is 290 Å². The zero-order chi connectivity index (χ0) is 34.8. The van der Waals surface area contributed by atoms with E-state index in [0.717, 1.165) is 70.7 Å². The van der Waals surface area contributed by atoms with Crippen LogP contribution in [-0.2, 0) is 52.6 Å². The predicted octanol–water partition coefficient (Wildman–Crippen LogP) is 5.84. The zero-order valence-electron chi connectivity index (χ0n) is 28.3. The molecule has 0 unspecified atom stereocenters. The number of aromatic nitrogens is 2. The van der Waals surface area contributed by atoms with E-state index in [-0.39, 0.29) is 29.0 Å². The molecule has 0 aliphatic carbocycles. The lowest BCUT2D eigenvalue weighted by Crippen LogP contribution is -2.24. The first-order valence-corrected chi connectivity index (χ1v) is 17.0. The van der Waals surface area contributed by atoms with Crippen molar-refractivity contribution < 1.29 is 19.1 Å². The van der Waals surface area contributed by atoms with Crippen LogP contribution in [0.15, 0.2) is 58.4 Å². The number of carbonyl (C=O) groups excluding carboxylic acids is 2. The van der Waals surface area contributed by atoms with Gasteiger partial charge in [-0.25, -0.2) is 0 Å². The van der Waals surface area contributed by atoms with Crippen molar-refractivity contribution in [3.8, 4) is 22.3 Å². The number of amides is 2. The molecule has 10 nitrogen and oxygen atoms in total. The third kappa shape index (κ3) is 7.72. The van der Waals surface area contributed by atoms with Gasteiger partial charge in [0.15, 0.2) is 0 Å². The molecule has 2 aromatic heterocycles. The first-order valence-electron chi connectivity index (χ1n) is 16.6. The summed E-state index contributed by atoms with van der Waals surface area (Å²) in [5.74, 6) is 0.0422. The number of ether oxygens (including phenoxy) is 2. The van der Waals surface area contributed by atoms with Crippen molar-refractivity contribution in [1.29, 1.82) is 0 Å². The maximum absolute atomic E-state index is 12.1. The molecular formula is C38H41ClN4O6. The Hall–Kier alpha value is -4.51. The molecule has 1 saturated heterocycles. The summed E-state index contributed by atoms with van der Waals surface area (Å²) in [5.41, 5.74) is 10.1. The molecule has 2 amide bonds. The van der Waals surface area contributed by atoms with Crippen molar-refractivity contribution in [2.24, 2.45) is 14.1 Å². The summed E-state index contributed by atoms with van der Waals surface area (Å²) >= 11 is 6.29. The Morgan fingerprint density at radius 2 is 1.22 bits per heavy atom. The molecule has 3 aliphatic rings. The Morgan fingerprint density at radius 1 is 0.714 bits per heavy atom. The van der Waals surface area contributed by atoms with Crippen molar-refractivity contribution >= 4 is 34.8 Å². The molecule has 4 aromatic rings. The summed E-state index contributed by atoms with van der Waals surface area (Å²) in [6, 6.07) is 11.8. The van der Waals surface area contributed by atoms with E-state index >= 15 is 0 Å². The van der Waals surface area contributed by atoms with Crippen LogP contribution in [-0.4, -0.2) is 40.3 Å². The van der Waals surface area contributed by atoms with Gasteiger partial charge in [-0.2, -0.15) is 0 Å². The molecule has 0 radical (unpaired) electrons. The number of halogens is 1. The van der Waals surface area contributed by atoms with E-state index in [2.05, 4.69) is 22.8 Å². The molecule has 7 rings (SSSR count). The minimum absolute atomic E-state index is 0.00453. The number of nitrogens with zero attached hydrogens (tertiary/aromatic N) is 2. The molecular weight excluding hydrogens is 644 g/mol. The molecule has 11 heteroatoms. The van der Waals surface area contributed by atoms with Crippen molar-refractivity contribution in [2.75, 3.05) is 23.8 Å². The molecule has 0 atom stereocenters. The molecule has 2 aromatic carbocycles. The molecule has 0 spiro atoms. The number of carbonyl (C=O) groups is 2. The van der Waals surface area contributed by atoms with Crippen LogP contribution in [0, 0.1) is 13.8 Å². The van der Waals surface area contributed by atoms with Crippen LogP contribution < -0.4 is 21.8 Å². The standard InChI is InChI=1S/C22H26N2O4.C16H15ClN2O2/c1-14-9-17(12-24(2)22(14)26)16-10-15-3-4-20(25)23-21(15)18(11-16)13-28-19-5-7-27-8-6-19;1-9-5-12(8-19(2)16(9)21)11-6-10-3-4-14(20)18-15(10)13(17)7-11/h9-12,19H,3-8,13H2,1-2H3,(H,23,25);5-8H,3-4H2,1-2H3,(H,18,20). The fraction of sp³-hybridized carbons (Fsp3) is 0.368. The zero-order valence-corrected chi connectivity index (χ0v) is 29.0. The Morgan fingerprint density at radius 3 is 1.78 bits per heavy atom. The predicted molar refractivity (Wildman–Crippen MR) is 191 cm³/mol. The number of aryl methyl sites for hydroxylation is 6. The molecule has 5 heterocycles. The molecule has 3 aliphatic heterocycles. The average Bonchev–Trinajstić information content (AvgIpc) is 3.09. The molecule has 0 bridgehead atoms. The summed E-state index contributed by atoms with van der Waals surface area (Å²) in [7, 11) is 3.51. The molecule has 0 saturated carbocycles. The summed E-state index contributed by atoms with van der Waals surface area (Å²) in [5, 5.41) is 6.37. The average molecular weight is 685 g/mol. The van der Waals surface area contributed by atoms with E-state index < -0.39 is 0 Å². The van der Waals surface area contributed by atoms with E-state index in [1.807, 2.05) is 37.4 Å². The fourth-order valence-corrected chi connectivity index (χ4v) is 6.88. The lowest BCUT2D eigenvalue weighted by molar-refractivity contribution is -0.117. The van der Waals surface area contributed by atoms with Crippen molar-refractivity contribution in [2.45, 2.75) is 65.1 Å². The minimum Gasteiger partial charge on any atom is -0.381 e. The van der Waals surface area contributed by atoms with Crippen LogP contribution in [0.1, 0.15) is 53.5 Å². The Kier molecular flexibility index (Phi) is 10.2. The Bertz CT molecular complexity index is 2010. The van der Waals surface area contributed by atoms with Gasteiger partial charge >= 0.3 is 0 Å². The second-order valence-corrected chi connectivity index (χ2v) is 13.4. The largest absolute Gasteiger partial charge is 0.381 e. The third-order valence-corrected chi connectivity index (χ3v) is 9.58. The number of anilines is 2. The monoisotopic (exact) mass is 684 g/mol. The quantitative estimate of drug-likeness (QED) is 0.273. The van der Waals surface area contributed by atoms with Crippen LogP contribution in [0.4, 0.5) is 11.4 Å². The smallest absolute Gasteiger partial charge is 0.253 e. The first-order chi connectivity index (χ1) is 23.5. The summed E-state index contributed by atoms with van der Waals surface area (Å²) in [6.45, 7) is 5.55. The second kappa shape index (κ2) is 14.5. The lowest BCUT2D eigenvalue weighted by Gasteiger charge is -2.25. The van der Waals surface area contributed by atoms with E-state index in [1.165, 1.54) is 0 Å². The normalized spacial score (nSPS) is 15.8. The third-order valence-electron chi connectivity index (χ3n) is 9.28. The van der Waals surface area contributed by atoms with E-state index in [9.17, 15) is 19.2 Å². The lowest BCUT2D eigenvalue weighted by atomic mass is 9.93. The highest BCUT2D eigenvalue weighted by molar-refractivity contribution is 6.34. The van der Waals surface area contributed by atoms with Gasteiger partial charge in [0.1, 0.15) is 0 Å². The van der Waals surface area contributed by atoms with E-state index in [0.29, 0.717) is 54.1 Å². The van der Waals surface area contributed by atoms with Crippen LogP contribution in [0.3, 0.4) is 0 Å². The van der Waals surface area contributed by atoms with Gasteiger partial charge in [0.25, 0.3) is 11.1 Å². The van der Waals surface area contributed by atoms with Crippen molar-refractivity contribution in [1.82, 2.24) is 9.13 Å². The molecule has 2 N–H and O–H groups in total. The van der Waals surface area contributed by atoms with Crippen molar-refractivity contribution in [3.63, 3.8) is 0 Å². The number of benzene rings is 2. The van der Waals surface area contributed by atoms with Gasteiger partial charge in [0, 0.05) is 74.9 Å². The van der Waals surface area contributed by atoms with Crippen LogP contribution >= 0.6 is 11.6 Å². The van der Waals surface area contributed by atoms with Gasteiger partial charge in [-0.05, 0) is 109 Å². The van der Waals surface area contributed by atoms with Gasteiger partial charge in [-0.1, -0.05) is 11.6 Å². The van der Waals surface area contributed by atoms with Gasteiger partial charge in [-0.15, -0.1) is 0 Å². The summed E-state index contributed by atoms with van der Waals surface area (Å²) in [6.07, 6.45) is 8.00. The fourth-order valence-electron chi connectivity index (χ4n) is 6.59. The molecule has 49 heavy (non-hydrogen) atoms. The van der Waals surface area contributed by atoms with E-state index in [1.54, 1.807) is 36.4 Å². The maximum Gasteiger partial charge on any atom is 0.253 e. The Balaban J connectivity index is 0.000000177. The number of hydrogen-bond acceptors (Lipinski definition) is 6. The highest BCUT2D eigenvalue weighted by Gasteiger charge is 2.22. The van der Waals surface area contributed by atoms with Gasteiger partial charge < -0.3 is 29.2 Å². The second-order valence-electron chi connectivity index (χ2n) is 13.0. The summed E-state index contributed by atoms with van der Waals surface area (Å²) in [4.78, 5) is 47.2. The van der Waals surface area contributed by atoms with Crippen LogP contribution in [0.5, 0.6) is 0 Å². The van der Waals surface area contributed by atoms with Gasteiger partial charge in [-0.3, -0.25) is 19.2 Å². The number of rotatable bonds is 5. The highest BCUT2D eigenvalue weighted by Crippen LogP contribution is 2.36. The minimum atomic E-state index is -0.00456. The SMILES string of the molecule is Cc1cc(-c2cc(Cl)c3c(c2)CCC(=O)N3)cn(C)c1=O.Cc1cc(-c2cc3c(c(COC4CCOCC4)c2)NC(=O)CC3)cn(C)c1=O. The first kappa shape index (κ1) is 34.4. The van der Waals surface area contributed by atoms with Gasteiger partial charge in [0.05, 0.1) is 23.4 Å². The number of hydrogen-bond donors (Lipinski definition) is 2. The number of fused-ring (bicyclic) bond motifs is 2. The number of nitrogens with one attached hydrogen (secondary N) is 2. The topological polar surface area (TPSA) is 121 Å². The van der Waals surface area contributed by atoms with Gasteiger partial charge in [0.2, 0.25) is 11.8 Å². The van der Waals surface area contributed by atoms with Crippen LogP contribution in [0.2, 0.25) is 5.02 Å². The highest BCUT2D eigenvalue weighted by atomic mass is 35.5. The summed E-state index contributed by atoms with van der Waals surface area (Å²) < 4.78 is 14.7. The number of pyridine rings is 2. The molecule has 1 fully saturated rings. The molecule has 256 valence electrons. The van der Waals surface area contributed by atoms with Crippen molar-refractivity contribution in [3.05, 3.63) is 102 Å². The maximum atomic E-state index is 12.1. The van der Waals surface area contributed by atoms with Crippen LogP contribution in [0.25, 0.3) is 22.3 Å².